The van der Waals surface area contributed by atoms with E-state index < -0.39 is 22.6 Å². The molecular formula is C21H19ClF3N5S. The van der Waals surface area contributed by atoms with E-state index in [0.717, 1.165) is 6.07 Å². The summed E-state index contributed by atoms with van der Waals surface area (Å²) < 4.78 is 41.9. The summed E-state index contributed by atoms with van der Waals surface area (Å²) in [6.45, 7) is 4.88. The van der Waals surface area contributed by atoms with Crippen molar-refractivity contribution in [1.82, 2.24) is 15.0 Å². The molecule has 5 nitrogen and oxygen atoms in total. The topological polar surface area (TPSA) is 80.5 Å². The van der Waals surface area contributed by atoms with Gasteiger partial charge in [0.15, 0.2) is 0 Å². The Balaban J connectivity index is 2.29. The van der Waals surface area contributed by atoms with E-state index in [1.165, 1.54) is 16.9 Å². The number of nitrogens with two attached hydrogens (primary N) is 1. The number of alkyl halides is 3. The van der Waals surface area contributed by atoms with E-state index in [-0.39, 0.29) is 22.7 Å². The van der Waals surface area contributed by atoms with E-state index in [1.807, 2.05) is 0 Å². The number of nitriles is 1. The number of benzene rings is 2. The zero-order valence-corrected chi connectivity index (χ0v) is 18.5. The molecule has 0 radical (unpaired) electrons. The molecule has 0 aliphatic carbocycles. The number of hydrogen-bond acceptors (Lipinski definition) is 4. The lowest BCUT2D eigenvalue weighted by Crippen LogP contribution is -2.44. The highest BCUT2D eigenvalue weighted by atomic mass is 35.5. The van der Waals surface area contributed by atoms with Gasteiger partial charge in [-0.15, -0.1) is 0 Å². The highest BCUT2D eigenvalue weighted by Gasteiger charge is 2.50. The molecule has 0 saturated heterocycles. The van der Waals surface area contributed by atoms with Gasteiger partial charge in [0, 0.05) is 10.6 Å². The van der Waals surface area contributed by atoms with Gasteiger partial charge in [-0.2, -0.15) is 33.4 Å². The molecule has 31 heavy (non-hydrogen) atoms. The van der Waals surface area contributed by atoms with Gasteiger partial charge in [-0.05, 0) is 41.3 Å². The van der Waals surface area contributed by atoms with Crippen LogP contribution in [0.15, 0.2) is 36.4 Å². The molecule has 1 heterocycles. The molecule has 0 aliphatic heterocycles. The Morgan fingerprint density at radius 2 is 1.74 bits per heavy atom. The molecule has 0 amide bonds. The van der Waals surface area contributed by atoms with Gasteiger partial charge in [0.05, 0.1) is 18.2 Å². The molecule has 162 valence electrons. The van der Waals surface area contributed by atoms with E-state index in [1.54, 1.807) is 39.0 Å². The summed E-state index contributed by atoms with van der Waals surface area (Å²) in [7, 11) is 0. The average Bonchev–Trinajstić information content (AvgIpc) is 3.05. The molecule has 1 aromatic heterocycles. The van der Waals surface area contributed by atoms with Crippen molar-refractivity contribution in [2.24, 2.45) is 11.1 Å². The summed E-state index contributed by atoms with van der Waals surface area (Å²) in [6, 6.07) is 10.4. The highest BCUT2D eigenvalue weighted by molar-refractivity contribution is 7.80. The van der Waals surface area contributed by atoms with Crippen molar-refractivity contribution in [3.63, 3.8) is 0 Å². The number of thiocarbonyl (C=S) groups is 1. The summed E-state index contributed by atoms with van der Waals surface area (Å²) >= 11 is 11.0. The van der Waals surface area contributed by atoms with Crippen molar-refractivity contribution < 1.29 is 13.2 Å². The van der Waals surface area contributed by atoms with E-state index in [0.29, 0.717) is 16.1 Å². The Bertz CT molecular complexity index is 1210. The fourth-order valence-electron chi connectivity index (χ4n) is 3.50. The highest BCUT2D eigenvalue weighted by Crippen LogP contribution is 2.47. The van der Waals surface area contributed by atoms with Crippen molar-refractivity contribution in [1.29, 1.82) is 5.26 Å². The van der Waals surface area contributed by atoms with Crippen LogP contribution in [0.4, 0.5) is 13.2 Å². The molecule has 3 rings (SSSR count). The van der Waals surface area contributed by atoms with E-state index in [2.05, 4.69) is 16.3 Å². The van der Waals surface area contributed by atoms with Crippen LogP contribution in [-0.2, 0) is 18.1 Å². The van der Waals surface area contributed by atoms with Crippen molar-refractivity contribution in [2.45, 2.75) is 38.9 Å². The maximum atomic E-state index is 14.0. The minimum atomic E-state index is -4.69. The summed E-state index contributed by atoms with van der Waals surface area (Å²) in [6.07, 6.45) is -4.69. The normalized spacial score (nSPS) is 14.3. The zero-order valence-electron chi connectivity index (χ0n) is 17.0. The summed E-state index contributed by atoms with van der Waals surface area (Å²) in [4.78, 5) is 1.18. The fourth-order valence-corrected chi connectivity index (χ4v) is 3.80. The van der Waals surface area contributed by atoms with Crippen LogP contribution in [0.5, 0.6) is 0 Å². The molecule has 0 fully saturated rings. The maximum Gasteiger partial charge on any atom is 0.416 e. The quantitative estimate of drug-likeness (QED) is 0.532. The molecular weight excluding hydrogens is 447 g/mol. The lowest BCUT2D eigenvalue weighted by Gasteiger charge is -2.40. The predicted octanol–water partition coefficient (Wildman–Crippen LogP) is 5.25. The predicted molar refractivity (Wildman–Crippen MR) is 117 cm³/mol. The first-order chi connectivity index (χ1) is 14.3. The maximum absolute atomic E-state index is 14.0. The van der Waals surface area contributed by atoms with Crippen LogP contribution in [-0.4, -0.2) is 20.0 Å². The molecule has 0 saturated carbocycles. The molecule has 1 atom stereocenters. The van der Waals surface area contributed by atoms with Gasteiger partial charge >= 0.3 is 6.18 Å². The largest absolute Gasteiger partial charge is 0.416 e. The number of rotatable bonds is 4. The minimum absolute atomic E-state index is 0.0617. The van der Waals surface area contributed by atoms with Crippen molar-refractivity contribution in [3.05, 3.63) is 58.1 Å². The molecule has 3 aromatic rings. The Kier molecular flexibility index (Phi) is 5.76. The first-order valence-corrected chi connectivity index (χ1v) is 10.0. The number of halogens is 4. The Morgan fingerprint density at radius 3 is 2.29 bits per heavy atom. The Morgan fingerprint density at radius 1 is 1.10 bits per heavy atom. The van der Waals surface area contributed by atoms with Crippen LogP contribution < -0.4 is 5.73 Å². The van der Waals surface area contributed by atoms with Gasteiger partial charge in [-0.3, -0.25) is 0 Å². The van der Waals surface area contributed by atoms with E-state index >= 15 is 0 Å². The average molecular weight is 466 g/mol. The summed E-state index contributed by atoms with van der Waals surface area (Å²) in [5.74, 6) is 0. The van der Waals surface area contributed by atoms with Gasteiger partial charge in [0.25, 0.3) is 0 Å². The standard InChI is InChI=1S/C21H19ClF3N5S/c1-19(2,3)20(10-26,11-30-28-16-7-5-13(22)9-17(16)29-30)15-8-12(18(27)31)4-6-14(15)21(23,24)25/h4-9H,11H2,1-3H3,(H2,27,31). The van der Waals surface area contributed by atoms with Crippen LogP contribution in [0.3, 0.4) is 0 Å². The lowest BCUT2D eigenvalue weighted by molar-refractivity contribution is -0.139. The van der Waals surface area contributed by atoms with Crippen molar-refractivity contribution in [2.75, 3.05) is 0 Å². The molecule has 2 aromatic carbocycles. The van der Waals surface area contributed by atoms with E-state index in [4.69, 9.17) is 29.6 Å². The zero-order chi connectivity index (χ0) is 23.2. The van der Waals surface area contributed by atoms with Crippen LogP contribution in [0.2, 0.25) is 5.02 Å². The molecule has 0 bridgehead atoms. The second-order valence-electron chi connectivity index (χ2n) is 8.25. The molecule has 0 aliphatic rings. The second-order valence-corrected chi connectivity index (χ2v) is 9.13. The summed E-state index contributed by atoms with van der Waals surface area (Å²) in [5.41, 5.74) is 3.17. The molecule has 1 unspecified atom stereocenters. The van der Waals surface area contributed by atoms with Gasteiger partial charge in [-0.1, -0.05) is 50.7 Å². The SMILES string of the molecule is CC(C)(C)C(C#N)(Cn1nc2ccc(Cl)cc2n1)c1cc(C(N)=S)ccc1C(F)(F)F. The van der Waals surface area contributed by atoms with Crippen molar-refractivity contribution >= 4 is 39.8 Å². The second kappa shape index (κ2) is 7.77. The van der Waals surface area contributed by atoms with Gasteiger partial charge in [0.1, 0.15) is 21.4 Å². The smallest absolute Gasteiger partial charge is 0.389 e. The number of fused-ring (bicyclic) bond motifs is 1. The Hall–Kier alpha value is -2.70. The van der Waals surface area contributed by atoms with E-state index in [9.17, 15) is 18.4 Å². The van der Waals surface area contributed by atoms with Crippen LogP contribution in [0.1, 0.15) is 37.5 Å². The first kappa shape index (κ1) is 23.0. The fraction of sp³-hybridized carbons (Fsp3) is 0.333. The monoisotopic (exact) mass is 465 g/mol. The van der Waals surface area contributed by atoms with Gasteiger partial charge in [0.2, 0.25) is 0 Å². The minimum Gasteiger partial charge on any atom is -0.389 e. The first-order valence-electron chi connectivity index (χ1n) is 9.22. The summed E-state index contributed by atoms with van der Waals surface area (Å²) in [5, 5.41) is 19.4. The third kappa shape index (κ3) is 4.23. The number of aromatic nitrogens is 3. The van der Waals surface area contributed by atoms with Gasteiger partial charge < -0.3 is 5.73 Å². The number of nitrogens with zero attached hydrogens (tertiary/aromatic N) is 4. The van der Waals surface area contributed by atoms with Gasteiger partial charge in [-0.25, -0.2) is 0 Å². The molecule has 10 heteroatoms. The molecule has 0 spiro atoms. The third-order valence-electron chi connectivity index (χ3n) is 5.30. The van der Waals surface area contributed by atoms with Crippen molar-refractivity contribution in [3.8, 4) is 6.07 Å². The molecule has 2 N–H and O–H groups in total. The third-order valence-corrected chi connectivity index (χ3v) is 5.77. The lowest BCUT2D eigenvalue weighted by atomic mass is 9.62. The van der Waals surface area contributed by atoms with Crippen LogP contribution in [0, 0.1) is 16.7 Å². The Labute approximate surface area is 187 Å². The van der Waals surface area contributed by atoms with Crippen LogP contribution in [0.25, 0.3) is 11.0 Å². The van der Waals surface area contributed by atoms with Crippen LogP contribution >= 0.6 is 23.8 Å². The number of hydrogen-bond donors (Lipinski definition) is 1.